The van der Waals surface area contributed by atoms with Gasteiger partial charge in [0.2, 0.25) is 0 Å². The molecule has 2 saturated carbocycles. The number of aliphatic hydroxyl groups is 1. The molecule has 2 fully saturated rings. The van der Waals surface area contributed by atoms with Crippen LogP contribution in [0.15, 0.2) is 12.1 Å². The number of hydrogen-bond donors (Lipinski definition) is 2. The molecule has 3 aliphatic carbocycles. The van der Waals surface area contributed by atoms with Crippen LogP contribution in [0.2, 0.25) is 0 Å². The van der Waals surface area contributed by atoms with Crippen LogP contribution in [0.5, 0.6) is 5.75 Å². The smallest absolute Gasteiger partial charge is 0.122 e. The predicted molar refractivity (Wildman–Crippen MR) is 88.1 cm³/mol. The second-order valence-electron chi connectivity index (χ2n) is 8.05. The highest BCUT2D eigenvalue weighted by molar-refractivity contribution is 5.49. The Hall–Kier alpha value is -1.02. The molecule has 2 N–H and O–H groups in total. The lowest BCUT2D eigenvalue weighted by atomic mass is 9.55. The predicted octanol–water partition coefficient (Wildman–Crippen LogP) is 4.17. The minimum atomic E-state index is -0.115. The van der Waals surface area contributed by atoms with Gasteiger partial charge in [-0.05, 0) is 79.2 Å². The maximum atomic E-state index is 10.8. The van der Waals surface area contributed by atoms with Crippen LogP contribution in [0, 0.1) is 17.3 Å². The molecular formula is C20H28O2. The third-order valence-electron chi connectivity index (χ3n) is 7.28. The van der Waals surface area contributed by atoms with E-state index in [0.717, 1.165) is 37.7 Å². The van der Waals surface area contributed by atoms with Gasteiger partial charge in [-0.2, -0.15) is 0 Å². The van der Waals surface area contributed by atoms with Crippen molar-refractivity contribution in [2.45, 2.75) is 70.8 Å². The monoisotopic (exact) mass is 300 g/mol. The van der Waals surface area contributed by atoms with Crippen LogP contribution >= 0.6 is 0 Å². The van der Waals surface area contributed by atoms with E-state index in [-0.39, 0.29) is 11.5 Å². The first-order valence-electron chi connectivity index (χ1n) is 9.08. The molecule has 2 nitrogen and oxygen atoms in total. The molecule has 0 radical (unpaired) electrons. The van der Waals surface area contributed by atoms with E-state index in [1.54, 1.807) is 0 Å². The summed E-state index contributed by atoms with van der Waals surface area (Å²) in [6.07, 6.45) is 7.48. The Bertz CT molecular complexity index is 594. The minimum Gasteiger partial charge on any atom is -0.507 e. The first kappa shape index (κ1) is 14.6. The van der Waals surface area contributed by atoms with Gasteiger partial charge in [0, 0.05) is 5.56 Å². The molecule has 0 bridgehead atoms. The lowest BCUT2D eigenvalue weighted by Crippen LogP contribution is -2.44. The fraction of sp³-hybridized carbons (Fsp3) is 0.700. The molecule has 22 heavy (non-hydrogen) atoms. The van der Waals surface area contributed by atoms with Crippen molar-refractivity contribution >= 4 is 0 Å². The normalized spacial score (nSPS) is 40.0. The van der Waals surface area contributed by atoms with Gasteiger partial charge in [0.1, 0.15) is 5.75 Å². The highest BCUT2D eigenvalue weighted by Crippen LogP contribution is 2.61. The van der Waals surface area contributed by atoms with Gasteiger partial charge in [0.25, 0.3) is 0 Å². The number of phenols is 1. The number of aromatic hydroxyl groups is 1. The van der Waals surface area contributed by atoms with Crippen LogP contribution in [0.3, 0.4) is 0 Å². The van der Waals surface area contributed by atoms with Gasteiger partial charge in [-0.25, -0.2) is 0 Å². The average Bonchev–Trinajstić information content (AvgIpc) is 2.83. The van der Waals surface area contributed by atoms with Crippen molar-refractivity contribution in [1.29, 1.82) is 0 Å². The summed E-state index contributed by atoms with van der Waals surface area (Å²) < 4.78 is 0. The number of fused-ring (bicyclic) bond motifs is 5. The van der Waals surface area contributed by atoms with Crippen LogP contribution in [0.25, 0.3) is 0 Å². The van der Waals surface area contributed by atoms with Gasteiger partial charge in [-0.1, -0.05) is 26.0 Å². The van der Waals surface area contributed by atoms with Crippen molar-refractivity contribution < 1.29 is 10.2 Å². The number of hydrogen-bond acceptors (Lipinski definition) is 2. The number of aryl methyl sites for hydroxylation is 2. The van der Waals surface area contributed by atoms with Crippen LogP contribution in [-0.4, -0.2) is 16.3 Å². The Labute approximate surface area is 133 Å². The SMILES string of the molecule is CCc1ccc2c(c1O)[C@H]1CC[C@]3(C)[C@@H](O)CC[C@H]3[C@H]1CC2. The number of aliphatic hydroxyl groups excluding tert-OH is 1. The minimum absolute atomic E-state index is 0.115. The number of phenolic OH excluding ortho intramolecular Hbond substituents is 1. The zero-order chi connectivity index (χ0) is 15.5. The topological polar surface area (TPSA) is 40.5 Å². The first-order valence-corrected chi connectivity index (χ1v) is 9.08. The van der Waals surface area contributed by atoms with Crippen LogP contribution in [-0.2, 0) is 12.8 Å². The van der Waals surface area contributed by atoms with Crippen molar-refractivity contribution in [2.75, 3.05) is 0 Å². The summed E-state index contributed by atoms with van der Waals surface area (Å²) in [6, 6.07) is 4.36. The number of benzene rings is 1. The molecule has 0 heterocycles. The molecule has 120 valence electrons. The summed E-state index contributed by atoms with van der Waals surface area (Å²) in [5.41, 5.74) is 3.85. The van der Waals surface area contributed by atoms with Crippen molar-refractivity contribution in [3.8, 4) is 5.75 Å². The molecule has 0 unspecified atom stereocenters. The molecule has 1 aromatic rings. The van der Waals surface area contributed by atoms with Crippen LogP contribution in [0.4, 0.5) is 0 Å². The van der Waals surface area contributed by atoms with E-state index in [2.05, 4.69) is 26.0 Å². The molecule has 0 saturated heterocycles. The third-order valence-corrected chi connectivity index (χ3v) is 7.28. The van der Waals surface area contributed by atoms with Gasteiger partial charge >= 0.3 is 0 Å². The van der Waals surface area contributed by atoms with E-state index < -0.39 is 0 Å². The Balaban J connectivity index is 1.76. The summed E-state index contributed by atoms with van der Waals surface area (Å²) >= 11 is 0. The lowest BCUT2D eigenvalue weighted by Gasteiger charge is -2.50. The van der Waals surface area contributed by atoms with Crippen molar-refractivity contribution in [2.24, 2.45) is 17.3 Å². The van der Waals surface area contributed by atoms with Gasteiger partial charge in [0.05, 0.1) is 6.10 Å². The Morgan fingerprint density at radius 2 is 2.00 bits per heavy atom. The third kappa shape index (κ3) is 1.83. The van der Waals surface area contributed by atoms with E-state index in [0.29, 0.717) is 23.5 Å². The van der Waals surface area contributed by atoms with E-state index in [4.69, 9.17) is 0 Å². The molecule has 5 atom stereocenters. The molecule has 1 aromatic carbocycles. The van der Waals surface area contributed by atoms with Crippen LogP contribution < -0.4 is 0 Å². The quantitative estimate of drug-likeness (QED) is 0.817. The highest BCUT2D eigenvalue weighted by atomic mass is 16.3. The fourth-order valence-corrected chi connectivity index (χ4v) is 5.96. The fourth-order valence-electron chi connectivity index (χ4n) is 5.96. The Morgan fingerprint density at radius 1 is 1.18 bits per heavy atom. The first-order chi connectivity index (χ1) is 10.6. The molecule has 0 aromatic heterocycles. The maximum Gasteiger partial charge on any atom is 0.122 e. The largest absolute Gasteiger partial charge is 0.507 e. The Kier molecular flexibility index (Phi) is 3.30. The summed E-state index contributed by atoms with van der Waals surface area (Å²) in [5.74, 6) is 2.39. The van der Waals surface area contributed by atoms with E-state index in [9.17, 15) is 10.2 Å². The number of rotatable bonds is 1. The summed E-state index contributed by atoms with van der Waals surface area (Å²) in [7, 11) is 0. The van der Waals surface area contributed by atoms with E-state index >= 15 is 0 Å². The average molecular weight is 300 g/mol. The van der Waals surface area contributed by atoms with Gasteiger partial charge < -0.3 is 10.2 Å². The Morgan fingerprint density at radius 3 is 2.77 bits per heavy atom. The van der Waals surface area contributed by atoms with E-state index in [1.807, 2.05) is 0 Å². The second-order valence-corrected chi connectivity index (χ2v) is 8.05. The highest BCUT2D eigenvalue weighted by Gasteiger charge is 2.54. The maximum absolute atomic E-state index is 10.8. The molecule has 3 aliphatic rings. The standard InChI is InChI=1S/C20H28O2/c1-3-12-4-5-13-6-7-14-15(18(13)19(12)22)10-11-20(2)16(14)8-9-17(20)21/h4-5,14-17,21-22H,3,6-11H2,1-2H3/t14-,15-,16-,17-,20-/m0/s1. The second kappa shape index (κ2) is 4.99. The molecule has 0 amide bonds. The molecule has 2 heteroatoms. The molecule has 4 rings (SSSR count). The van der Waals surface area contributed by atoms with Crippen molar-refractivity contribution in [3.05, 3.63) is 28.8 Å². The summed E-state index contributed by atoms with van der Waals surface area (Å²) in [6.45, 7) is 4.43. The summed E-state index contributed by atoms with van der Waals surface area (Å²) in [4.78, 5) is 0. The van der Waals surface area contributed by atoms with Gasteiger partial charge in [-0.15, -0.1) is 0 Å². The van der Waals surface area contributed by atoms with Gasteiger partial charge in [-0.3, -0.25) is 0 Å². The molecule has 0 aliphatic heterocycles. The molecule has 0 spiro atoms. The molecular weight excluding hydrogens is 272 g/mol. The zero-order valence-corrected chi connectivity index (χ0v) is 13.8. The lowest BCUT2D eigenvalue weighted by molar-refractivity contribution is -0.0229. The van der Waals surface area contributed by atoms with Crippen molar-refractivity contribution in [3.63, 3.8) is 0 Å². The van der Waals surface area contributed by atoms with Crippen molar-refractivity contribution in [1.82, 2.24) is 0 Å². The zero-order valence-electron chi connectivity index (χ0n) is 13.8. The van der Waals surface area contributed by atoms with Crippen LogP contribution in [0.1, 0.15) is 68.6 Å². The summed E-state index contributed by atoms with van der Waals surface area (Å²) in [5, 5.41) is 21.2. The van der Waals surface area contributed by atoms with Gasteiger partial charge in [0.15, 0.2) is 0 Å². The van der Waals surface area contributed by atoms with E-state index in [1.165, 1.54) is 24.0 Å².